The number of nitrogens with two attached hydrogens (primary N) is 2. The number of aliphatic carboxylic acids is 1. The van der Waals surface area contributed by atoms with Crippen molar-refractivity contribution in [1.29, 1.82) is 0 Å². The zero-order chi connectivity index (χ0) is 63.1. The first-order chi connectivity index (χ1) is 38.6. The van der Waals surface area contributed by atoms with E-state index in [-0.39, 0.29) is 18.6 Å². The van der Waals surface area contributed by atoms with Gasteiger partial charge in [0.1, 0.15) is 60.1 Å². The van der Waals surface area contributed by atoms with Crippen LogP contribution in [0.4, 0.5) is 0 Å². The number of carbonyl (C=O) groups excluding carboxylic acids is 11. The van der Waals surface area contributed by atoms with Crippen molar-refractivity contribution in [3.8, 4) is 5.75 Å². The standard InChI is InChI=1S/C50H78N12O21/c1-19(2)35(57-42(74)28(14-25-8-10-26(67)11-9-25)55-41(73)20(3)54-44(76)34(52)21(4)63)48(80)62-18-27(68)15-29(62)43(75)58-36(22(5)64)46(78)59-37(23(6)65)49(81)61-13-12-30(69)40(61)47(79)60-39(31(70)16-32(51)71)45(77)53-17-33(72)56-38(24(7)66)50(82)83/h8-11,19-24,27-31,34-40,63-70H,12-18,52H2,1-7H3,(H2,51,71)(H,53,77)(H,54,76)(H,55,73)(H,56,72)(H,57,74)(H,58,75)(H,59,78)(H,60,79)(H,82,83)/t20-,21-,22-,23-,24-,27-,28+,29+,30+,31-,34-,35+,36-,37+,38-,39+,40+/m1/s1. The van der Waals surface area contributed by atoms with E-state index in [0.29, 0.717) is 10.5 Å². The molecule has 3 rings (SSSR count). The molecule has 2 aliphatic heterocycles. The summed E-state index contributed by atoms with van der Waals surface area (Å²) in [6.45, 7) is 6.84. The number of hydrogen-bond acceptors (Lipinski definition) is 21. The highest BCUT2D eigenvalue weighted by Crippen LogP contribution is 2.24. The average Bonchev–Trinajstić information content (AvgIpc) is 3.86. The van der Waals surface area contributed by atoms with E-state index in [1.807, 2.05) is 10.6 Å². The summed E-state index contributed by atoms with van der Waals surface area (Å²) in [7, 11) is 0. The van der Waals surface area contributed by atoms with E-state index >= 15 is 0 Å². The molecule has 0 saturated carbocycles. The Morgan fingerprint density at radius 3 is 1.70 bits per heavy atom. The van der Waals surface area contributed by atoms with Gasteiger partial charge in [0.2, 0.25) is 65.0 Å². The summed E-state index contributed by atoms with van der Waals surface area (Å²) in [5.74, 6) is -14.8. The summed E-state index contributed by atoms with van der Waals surface area (Å²) in [6, 6.07) is -11.5. The number of nitrogens with zero attached hydrogens (tertiary/aromatic N) is 2. The highest BCUT2D eigenvalue weighted by atomic mass is 16.4. The molecule has 0 unspecified atom stereocenters. The second-order valence-electron chi connectivity index (χ2n) is 20.9. The molecular formula is C50H78N12O21. The molecule has 0 aliphatic carbocycles. The van der Waals surface area contributed by atoms with Crippen molar-refractivity contribution in [2.75, 3.05) is 19.6 Å². The highest BCUT2D eigenvalue weighted by molar-refractivity contribution is 6.00. The number of benzene rings is 1. The van der Waals surface area contributed by atoms with Crippen LogP contribution in [0.2, 0.25) is 0 Å². The van der Waals surface area contributed by atoms with Gasteiger partial charge in [-0.1, -0.05) is 26.0 Å². The molecule has 0 bridgehead atoms. The number of phenolic OH excluding ortho intramolecular Hbond substituents is 1. The van der Waals surface area contributed by atoms with E-state index in [0.717, 1.165) is 25.7 Å². The van der Waals surface area contributed by atoms with E-state index in [9.17, 15) is 103 Å². The first-order valence-electron chi connectivity index (χ1n) is 26.4. The predicted molar refractivity (Wildman–Crippen MR) is 283 cm³/mol. The van der Waals surface area contributed by atoms with Gasteiger partial charge >= 0.3 is 5.97 Å². The molecule has 83 heavy (non-hydrogen) atoms. The molecule has 11 amide bonds. The maximum absolute atomic E-state index is 14.4. The van der Waals surface area contributed by atoms with Gasteiger partial charge in [-0.05, 0) is 64.7 Å². The minimum Gasteiger partial charge on any atom is -0.508 e. The Morgan fingerprint density at radius 1 is 0.614 bits per heavy atom. The number of carboxylic acids is 1. The van der Waals surface area contributed by atoms with Gasteiger partial charge < -0.3 is 110 Å². The van der Waals surface area contributed by atoms with Gasteiger partial charge in [-0.25, -0.2) is 4.79 Å². The third-order valence-electron chi connectivity index (χ3n) is 13.6. The molecule has 2 aliphatic rings. The molecule has 2 saturated heterocycles. The number of β-amino-alcohol motifs (C(OH)–C–C–N with tert-alkyl or cyclic N) is 1. The van der Waals surface area contributed by atoms with Gasteiger partial charge in [0.15, 0.2) is 6.04 Å². The van der Waals surface area contributed by atoms with E-state index in [4.69, 9.17) is 11.5 Å². The lowest BCUT2D eigenvalue weighted by atomic mass is 9.99. The first kappa shape index (κ1) is 69.6. The van der Waals surface area contributed by atoms with Crippen LogP contribution in [0.1, 0.15) is 73.3 Å². The molecule has 21 N–H and O–H groups in total. The quantitative estimate of drug-likeness (QED) is 0.0354. The lowest BCUT2D eigenvalue weighted by Gasteiger charge is -2.34. The molecule has 33 heteroatoms. The zero-order valence-electron chi connectivity index (χ0n) is 46.6. The second-order valence-corrected chi connectivity index (χ2v) is 20.9. The van der Waals surface area contributed by atoms with Crippen LogP contribution in [-0.2, 0) is 64.0 Å². The van der Waals surface area contributed by atoms with Crippen molar-refractivity contribution in [3.05, 3.63) is 29.8 Å². The van der Waals surface area contributed by atoms with Crippen LogP contribution in [0.3, 0.4) is 0 Å². The summed E-state index contributed by atoms with van der Waals surface area (Å²) in [5.41, 5.74) is 11.3. The monoisotopic (exact) mass is 1180 g/mol. The van der Waals surface area contributed by atoms with Crippen molar-refractivity contribution in [1.82, 2.24) is 52.3 Å². The van der Waals surface area contributed by atoms with Crippen LogP contribution in [0.15, 0.2) is 24.3 Å². The van der Waals surface area contributed by atoms with Crippen molar-refractivity contribution >= 4 is 70.9 Å². The Labute approximate surface area is 475 Å². The number of carbonyl (C=O) groups is 12. The van der Waals surface area contributed by atoms with E-state index in [2.05, 4.69) is 31.9 Å². The summed E-state index contributed by atoms with van der Waals surface area (Å²) in [4.78, 5) is 161. The number of aliphatic hydroxyl groups excluding tert-OH is 7. The van der Waals surface area contributed by atoms with Gasteiger partial charge in [-0.15, -0.1) is 0 Å². The largest absolute Gasteiger partial charge is 0.508 e. The lowest BCUT2D eigenvalue weighted by molar-refractivity contribution is -0.147. The Morgan fingerprint density at radius 2 is 1.17 bits per heavy atom. The number of hydrogen-bond donors (Lipinski definition) is 19. The van der Waals surface area contributed by atoms with Crippen molar-refractivity contribution in [2.24, 2.45) is 17.4 Å². The molecular weight excluding hydrogens is 1100 g/mol. The van der Waals surface area contributed by atoms with Crippen molar-refractivity contribution < 1.29 is 103 Å². The molecule has 0 radical (unpaired) electrons. The maximum Gasteiger partial charge on any atom is 0.328 e. The first-order valence-corrected chi connectivity index (χ1v) is 26.4. The van der Waals surface area contributed by atoms with Crippen LogP contribution < -0.4 is 54.0 Å². The van der Waals surface area contributed by atoms with Gasteiger partial charge in [-0.2, -0.15) is 0 Å². The Bertz CT molecular complexity index is 2520. The molecule has 464 valence electrons. The summed E-state index contributed by atoms with van der Waals surface area (Å²) in [6.07, 6.45) is -13.6. The number of aliphatic hydroxyl groups is 7. The molecule has 0 aromatic heterocycles. The van der Waals surface area contributed by atoms with Crippen molar-refractivity contribution in [2.45, 2.75) is 177 Å². The van der Waals surface area contributed by atoms with Crippen molar-refractivity contribution in [3.63, 3.8) is 0 Å². The lowest BCUT2D eigenvalue weighted by Crippen LogP contribution is -2.64. The number of likely N-dealkylation sites (tertiary alicyclic amines) is 2. The van der Waals surface area contributed by atoms with Gasteiger partial charge in [0.25, 0.3) is 0 Å². The van der Waals surface area contributed by atoms with E-state index in [1.54, 1.807) is 0 Å². The van der Waals surface area contributed by atoms with Crippen LogP contribution in [-0.4, -0.2) is 249 Å². The molecule has 2 heterocycles. The normalized spacial score (nSPS) is 21.5. The summed E-state index contributed by atoms with van der Waals surface area (Å²) in [5, 5.41) is 111. The third kappa shape index (κ3) is 19.8. The van der Waals surface area contributed by atoms with Gasteiger partial charge in [0, 0.05) is 25.9 Å². The predicted octanol–water partition coefficient (Wildman–Crippen LogP) is -9.78. The average molecular weight is 1180 g/mol. The van der Waals surface area contributed by atoms with Gasteiger partial charge in [-0.3, -0.25) is 52.7 Å². The molecule has 33 nitrogen and oxygen atoms in total. The van der Waals surface area contributed by atoms with Crippen LogP contribution in [0, 0.1) is 5.92 Å². The molecule has 1 aromatic rings. The maximum atomic E-state index is 14.4. The minimum absolute atomic E-state index is 0.111. The number of rotatable bonds is 29. The van der Waals surface area contributed by atoms with Crippen LogP contribution in [0.5, 0.6) is 5.75 Å². The molecule has 0 spiro atoms. The Kier molecular flexibility index (Phi) is 26.1. The fraction of sp³-hybridized carbons (Fsp3) is 0.640. The Hall–Kier alpha value is -7.66. The topological polar surface area (TPSA) is 542 Å². The minimum atomic E-state index is -2.14. The third-order valence-corrected chi connectivity index (χ3v) is 13.6. The number of amides is 11. The summed E-state index contributed by atoms with van der Waals surface area (Å²) < 4.78 is 0. The number of aromatic hydroxyl groups is 1. The number of primary amides is 1. The van der Waals surface area contributed by atoms with E-state index < -0.39 is 212 Å². The molecule has 1 aromatic carbocycles. The SMILES string of the molecule is CC(C)[C@H](NC(=O)[C@H](Cc1ccc(O)cc1)NC(=O)[C@@H](C)NC(=O)[C@H](N)[C@@H](C)O)C(=O)N1C[C@H](O)C[C@H]1C(=O)N[C@@H](C(=O)N[C@H](C(=O)N1CC[C@H](O)[C@H]1C(=O)N[C@H](C(=O)NCC(=O)N[C@@H](C(=O)O)[C@@H](C)O)[C@H](O)CC(N)=O)[C@@H](C)O)[C@@H](C)O. The fourth-order valence-electron chi connectivity index (χ4n) is 8.81. The number of phenols is 1. The highest BCUT2D eigenvalue weighted by Gasteiger charge is 2.48. The number of nitrogens with one attached hydrogen (secondary N) is 8. The smallest absolute Gasteiger partial charge is 0.328 e. The fourth-order valence-corrected chi connectivity index (χ4v) is 8.81. The second kappa shape index (κ2) is 31.1. The Balaban J connectivity index is 1.83. The molecule has 2 fully saturated rings. The molecule has 17 atom stereocenters. The zero-order valence-corrected chi connectivity index (χ0v) is 46.6. The van der Waals surface area contributed by atoms with E-state index in [1.165, 1.54) is 52.0 Å². The van der Waals surface area contributed by atoms with Gasteiger partial charge in [0.05, 0.1) is 55.7 Å². The van der Waals surface area contributed by atoms with Crippen LogP contribution >= 0.6 is 0 Å². The summed E-state index contributed by atoms with van der Waals surface area (Å²) >= 11 is 0. The number of carboxylic acid groups (broad SMARTS) is 1. The van der Waals surface area contributed by atoms with Crippen LogP contribution in [0.25, 0.3) is 0 Å².